The third kappa shape index (κ3) is 4.01. The molecule has 0 unspecified atom stereocenters. The van der Waals surface area contributed by atoms with Gasteiger partial charge in [0.25, 0.3) is 5.95 Å². The van der Waals surface area contributed by atoms with E-state index in [0.717, 1.165) is 25.7 Å². The molecule has 1 aromatic carbocycles. The van der Waals surface area contributed by atoms with E-state index in [2.05, 4.69) is 32.9 Å². The molecule has 1 aromatic heterocycles. The number of hydrogen-bond acceptors (Lipinski definition) is 4. The summed E-state index contributed by atoms with van der Waals surface area (Å²) in [5.41, 5.74) is 3.13. The van der Waals surface area contributed by atoms with Crippen LogP contribution in [-0.2, 0) is 0 Å². The van der Waals surface area contributed by atoms with Gasteiger partial charge in [0.2, 0.25) is 0 Å². The van der Waals surface area contributed by atoms with E-state index < -0.39 is 5.60 Å². The topological polar surface area (TPSA) is 59.7 Å². The maximum absolute atomic E-state index is 12.9. The Morgan fingerprint density at radius 3 is 2.68 bits per heavy atom. The number of fused-ring (bicyclic) bond motifs is 2. The van der Waals surface area contributed by atoms with Gasteiger partial charge in [0, 0.05) is 12.0 Å². The predicted octanol–water partition coefficient (Wildman–Crippen LogP) is 6.23. The quantitative estimate of drug-likeness (QED) is 0.602. The minimum absolute atomic E-state index is 0.0590. The molecule has 2 atom stereocenters. The maximum atomic E-state index is 12.9. The van der Waals surface area contributed by atoms with Crippen LogP contribution in [0.3, 0.4) is 0 Å². The Bertz CT molecular complexity index is 992. The lowest BCUT2D eigenvalue weighted by molar-refractivity contribution is 0.0637. The third-order valence-electron chi connectivity index (χ3n) is 5.78. The molecule has 4 heteroatoms. The van der Waals surface area contributed by atoms with Crippen molar-refractivity contribution in [2.24, 2.45) is 0 Å². The van der Waals surface area contributed by atoms with Crippen LogP contribution in [-0.4, -0.2) is 10.7 Å². The number of benzene rings is 1. The molecule has 1 aliphatic rings. The summed E-state index contributed by atoms with van der Waals surface area (Å²) >= 11 is 0. The van der Waals surface area contributed by atoms with Crippen molar-refractivity contribution in [3.05, 3.63) is 57.3 Å². The highest BCUT2D eigenvalue weighted by Gasteiger charge is 2.45. The van der Waals surface area contributed by atoms with Crippen LogP contribution in [0.2, 0.25) is 0 Å². The molecule has 150 valence electrons. The van der Waals surface area contributed by atoms with Crippen LogP contribution >= 0.6 is 0 Å². The van der Waals surface area contributed by atoms with Crippen molar-refractivity contribution in [2.75, 3.05) is 0 Å². The van der Waals surface area contributed by atoms with E-state index in [0.29, 0.717) is 22.5 Å². The van der Waals surface area contributed by atoms with Crippen molar-refractivity contribution in [2.45, 2.75) is 71.8 Å². The van der Waals surface area contributed by atoms with Gasteiger partial charge in [-0.1, -0.05) is 30.2 Å². The summed E-state index contributed by atoms with van der Waals surface area (Å²) in [6.45, 7) is 10.5. The predicted molar refractivity (Wildman–Crippen MR) is 113 cm³/mol. The summed E-state index contributed by atoms with van der Waals surface area (Å²) in [5, 5.41) is 10.1. The minimum atomic E-state index is -0.485. The van der Waals surface area contributed by atoms with Crippen molar-refractivity contribution in [1.29, 1.82) is 0 Å². The first-order chi connectivity index (χ1) is 13.2. The Labute approximate surface area is 166 Å². The molecule has 28 heavy (non-hydrogen) atoms. The van der Waals surface area contributed by atoms with E-state index in [1.165, 1.54) is 23.3 Å². The van der Waals surface area contributed by atoms with Gasteiger partial charge >= 0.3 is 0 Å². The Hall–Kier alpha value is -2.49. The summed E-state index contributed by atoms with van der Waals surface area (Å²) in [7, 11) is 0. The zero-order chi connectivity index (χ0) is 20.5. The van der Waals surface area contributed by atoms with E-state index in [1.54, 1.807) is 6.07 Å². The first-order valence-electron chi connectivity index (χ1n) is 9.99. The number of hydrogen-bond donors (Lipinski definition) is 1. The van der Waals surface area contributed by atoms with Crippen LogP contribution in [0.4, 0.5) is 0 Å². The van der Waals surface area contributed by atoms with E-state index >= 15 is 0 Å². The van der Waals surface area contributed by atoms with Crippen LogP contribution < -0.4 is 10.2 Å². The number of phenols is 1. The second-order valence-electron chi connectivity index (χ2n) is 8.36. The average molecular weight is 383 g/mol. The molecule has 2 heterocycles. The highest BCUT2D eigenvalue weighted by molar-refractivity contribution is 5.79. The molecule has 1 aliphatic heterocycles. The normalized spacial score (nSPS) is 21.5. The van der Waals surface area contributed by atoms with Crippen molar-refractivity contribution in [1.82, 2.24) is 0 Å². The zero-order valence-electron chi connectivity index (χ0n) is 17.5. The van der Waals surface area contributed by atoms with Gasteiger partial charge in [-0.3, -0.25) is 4.79 Å². The number of allylic oxidation sites excluding steroid dienone is 4. The molecule has 0 radical (unpaired) electrons. The Morgan fingerprint density at radius 1 is 1.21 bits per heavy atom. The van der Waals surface area contributed by atoms with Crippen LogP contribution in [0.25, 0.3) is 11.0 Å². The lowest BCUT2D eigenvalue weighted by Crippen LogP contribution is -2.33. The van der Waals surface area contributed by atoms with Gasteiger partial charge < -0.3 is 14.3 Å². The van der Waals surface area contributed by atoms with E-state index in [4.69, 9.17) is 9.15 Å². The largest absolute Gasteiger partial charge is 0.508 e. The zero-order valence-corrected chi connectivity index (χ0v) is 17.5. The standard InChI is InChI=1S/C24H30O4/c1-15(2)8-6-9-16(3)10-7-13-24(5)17(4)21-22(26)19-12-11-18(25)14-20(19)27-23(21)28-24/h8,10-12,14,17,25H,6-7,9,13H2,1-5H3/t17-,24+/m1/s1. The summed E-state index contributed by atoms with van der Waals surface area (Å²) in [6.07, 6.45) is 8.36. The Balaban J connectivity index is 1.76. The highest BCUT2D eigenvalue weighted by Crippen LogP contribution is 2.46. The molecule has 3 rings (SSSR count). The van der Waals surface area contributed by atoms with Gasteiger partial charge in [0.1, 0.15) is 16.9 Å². The second-order valence-corrected chi connectivity index (χ2v) is 8.36. The molecule has 0 amide bonds. The number of rotatable bonds is 6. The summed E-state index contributed by atoms with van der Waals surface area (Å²) in [5.74, 6) is 0.303. The Morgan fingerprint density at radius 2 is 1.96 bits per heavy atom. The number of ether oxygens (including phenoxy) is 1. The van der Waals surface area contributed by atoms with Gasteiger partial charge in [-0.25, -0.2) is 0 Å². The molecular weight excluding hydrogens is 352 g/mol. The maximum Gasteiger partial charge on any atom is 0.293 e. The van der Waals surface area contributed by atoms with E-state index in [9.17, 15) is 9.90 Å². The first kappa shape index (κ1) is 20.2. The molecule has 0 saturated heterocycles. The van der Waals surface area contributed by atoms with Crippen molar-refractivity contribution >= 4 is 11.0 Å². The fraction of sp³-hybridized carbons (Fsp3) is 0.458. The van der Waals surface area contributed by atoms with Gasteiger partial charge in [-0.05, 0) is 65.5 Å². The van der Waals surface area contributed by atoms with Gasteiger partial charge in [0.05, 0.1) is 10.9 Å². The summed E-state index contributed by atoms with van der Waals surface area (Å²) in [4.78, 5) is 12.9. The van der Waals surface area contributed by atoms with Gasteiger partial charge in [-0.15, -0.1) is 0 Å². The van der Waals surface area contributed by atoms with E-state index in [1.807, 2.05) is 13.8 Å². The van der Waals surface area contributed by atoms with Crippen LogP contribution in [0.1, 0.15) is 71.8 Å². The molecular formula is C24H30O4. The third-order valence-corrected chi connectivity index (χ3v) is 5.78. The van der Waals surface area contributed by atoms with Crippen molar-refractivity contribution < 1.29 is 14.3 Å². The number of phenolic OH excluding ortho intramolecular Hbond substituents is 1. The van der Waals surface area contributed by atoms with Gasteiger partial charge in [0.15, 0.2) is 5.43 Å². The lowest BCUT2D eigenvalue weighted by Gasteiger charge is -2.27. The minimum Gasteiger partial charge on any atom is -0.508 e. The molecule has 0 fully saturated rings. The average Bonchev–Trinajstić information content (AvgIpc) is 2.85. The van der Waals surface area contributed by atoms with Crippen LogP contribution in [0.5, 0.6) is 11.7 Å². The monoisotopic (exact) mass is 382 g/mol. The fourth-order valence-corrected chi connectivity index (χ4v) is 3.79. The molecule has 1 N–H and O–H groups in total. The lowest BCUT2D eigenvalue weighted by atomic mass is 9.83. The molecule has 0 bridgehead atoms. The summed E-state index contributed by atoms with van der Waals surface area (Å²) < 4.78 is 12.0. The molecule has 0 saturated carbocycles. The Kier molecular flexibility index (Phi) is 5.69. The van der Waals surface area contributed by atoms with Crippen LogP contribution in [0.15, 0.2) is 50.7 Å². The first-order valence-corrected chi connectivity index (χ1v) is 9.99. The molecule has 2 aromatic rings. The van der Waals surface area contributed by atoms with Crippen molar-refractivity contribution in [3.63, 3.8) is 0 Å². The smallest absolute Gasteiger partial charge is 0.293 e. The summed E-state index contributed by atoms with van der Waals surface area (Å²) in [6, 6.07) is 4.57. The fourth-order valence-electron chi connectivity index (χ4n) is 3.79. The molecule has 0 spiro atoms. The second kappa shape index (κ2) is 7.86. The van der Waals surface area contributed by atoms with Gasteiger partial charge in [-0.2, -0.15) is 0 Å². The molecule has 0 aliphatic carbocycles. The molecule has 4 nitrogen and oxygen atoms in total. The van der Waals surface area contributed by atoms with E-state index in [-0.39, 0.29) is 17.1 Å². The SMILES string of the molecule is CC(C)=CCCC(C)=CCC[C@]1(C)Oc2oc3cc(O)ccc3c(=O)c2[C@H]1C. The van der Waals surface area contributed by atoms with Crippen molar-refractivity contribution in [3.8, 4) is 11.7 Å². The van der Waals surface area contributed by atoms with Crippen LogP contribution in [0, 0.1) is 0 Å². The number of aromatic hydroxyl groups is 1. The highest BCUT2D eigenvalue weighted by atomic mass is 16.6.